The van der Waals surface area contributed by atoms with E-state index in [1.807, 2.05) is 0 Å². The summed E-state index contributed by atoms with van der Waals surface area (Å²) in [5.74, 6) is -2.25. The summed E-state index contributed by atoms with van der Waals surface area (Å²) in [5, 5.41) is 5.23. The van der Waals surface area contributed by atoms with Gasteiger partial charge in [-0.3, -0.25) is 14.4 Å². The maximum atomic E-state index is 13.2. The molecule has 2 N–H and O–H groups in total. The summed E-state index contributed by atoms with van der Waals surface area (Å²) < 4.78 is 23.1. The number of halogens is 1. The fourth-order valence-corrected chi connectivity index (χ4v) is 4.11. The Kier molecular flexibility index (Phi) is 14.4. The summed E-state index contributed by atoms with van der Waals surface area (Å²) in [6.45, 7) is 7.62. The molecule has 8 nitrogen and oxygen atoms in total. The first-order valence-corrected chi connectivity index (χ1v) is 12.9. The second-order valence-corrected chi connectivity index (χ2v) is 8.90. The van der Waals surface area contributed by atoms with Gasteiger partial charge in [0.15, 0.2) is 0 Å². The van der Waals surface area contributed by atoms with Crippen LogP contribution < -0.4 is 10.6 Å². The van der Waals surface area contributed by atoms with Gasteiger partial charge in [0, 0.05) is 6.42 Å². The SMILES string of the molecule is CCC.CCOC(=O)CCC(NC(=O)CNC(=O)C1(Cc2ccc(F)cc2)CCCC1)C(=O)OCC. The van der Waals surface area contributed by atoms with Crippen LogP contribution in [0.15, 0.2) is 24.3 Å². The van der Waals surface area contributed by atoms with Gasteiger partial charge >= 0.3 is 11.9 Å². The van der Waals surface area contributed by atoms with Crippen molar-refractivity contribution in [3.05, 3.63) is 35.6 Å². The number of hydrogen-bond donors (Lipinski definition) is 2. The molecule has 1 fully saturated rings. The molecule has 0 spiro atoms. The molecule has 9 heteroatoms. The second-order valence-electron chi connectivity index (χ2n) is 8.90. The molecule has 36 heavy (non-hydrogen) atoms. The summed E-state index contributed by atoms with van der Waals surface area (Å²) >= 11 is 0. The average molecular weight is 509 g/mol. The number of nitrogens with one attached hydrogen (secondary N) is 2. The van der Waals surface area contributed by atoms with Crippen molar-refractivity contribution in [2.75, 3.05) is 19.8 Å². The lowest BCUT2D eigenvalue weighted by Gasteiger charge is -2.28. The number of carbonyl (C=O) groups excluding carboxylic acids is 4. The maximum absolute atomic E-state index is 13.2. The van der Waals surface area contributed by atoms with Crippen molar-refractivity contribution >= 4 is 23.8 Å². The number of amides is 2. The zero-order chi connectivity index (χ0) is 27.0. The van der Waals surface area contributed by atoms with E-state index in [0.29, 0.717) is 19.3 Å². The van der Waals surface area contributed by atoms with Crippen LogP contribution in [-0.4, -0.2) is 49.6 Å². The molecule has 1 unspecified atom stereocenters. The van der Waals surface area contributed by atoms with Gasteiger partial charge in [0.2, 0.25) is 11.8 Å². The molecule has 0 aromatic heterocycles. The van der Waals surface area contributed by atoms with E-state index in [1.165, 1.54) is 18.6 Å². The van der Waals surface area contributed by atoms with Gasteiger partial charge in [-0.05, 0) is 57.2 Å². The predicted molar refractivity (Wildman–Crippen MR) is 134 cm³/mol. The Bertz CT molecular complexity index is 837. The van der Waals surface area contributed by atoms with Gasteiger partial charge in [0.05, 0.1) is 25.2 Å². The van der Waals surface area contributed by atoms with Gasteiger partial charge in [-0.1, -0.05) is 45.2 Å². The van der Waals surface area contributed by atoms with Crippen molar-refractivity contribution in [3.8, 4) is 0 Å². The van der Waals surface area contributed by atoms with E-state index < -0.39 is 29.3 Å². The first-order chi connectivity index (χ1) is 17.2. The fraction of sp³-hybridized carbons (Fsp3) is 0.630. The van der Waals surface area contributed by atoms with Crippen LogP contribution in [0, 0.1) is 11.2 Å². The van der Waals surface area contributed by atoms with Gasteiger partial charge in [0.1, 0.15) is 11.9 Å². The molecule has 1 atom stereocenters. The van der Waals surface area contributed by atoms with E-state index in [9.17, 15) is 23.6 Å². The van der Waals surface area contributed by atoms with Crippen LogP contribution in [0.1, 0.15) is 78.2 Å². The predicted octanol–water partition coefficient (Wildman–Crippen LogP) is 3.85. The lowest BCUT2D eigenvalue weighted by Crippen LogP contribution is -2.49. The molecule has 2 rings (SSSR count). The van der Waals surface area contributed by atoms with Crippen LogP contribution in [0.25, 0.3) is 0 Å². The highest BCUT2D eigenvalue weighted by molar-refractivity contribution is 5.90. The van der Waals surface area contributed by atoms with Crippen LogP contribution >= 0.6 is 0 Å². The van der Waals surface area contributed by atoms with E-state index in [2.05, 4.69) is 24.5 Å². The monoisotopic (exact) mass is 508 g/mol. The van der Waals surface area contributed by atoms with E-state index in [4.69, 9.17) is 9.47 Å². The Morgan fingerprint density at radius 2 is 1.56 bits per heavy atom. The van der Waals surface area contributed by atoms with E-state index in [-0.39, 0.29) is 44.3 Å². The minimum absolute atomic E-state index is 0.0336. The quantitative estimate of drug-likeness (QED) is 0.415. The first kappa shape index (κ1) is 31.1. The van der Waals surface area contributed by atoms with Crippen LogP contribution in [0.2, 0.25) is 0 Å². The standard InChI is InChI=1S/C24H33FN2O6.C3H8/c1-3-32-21(29)12-11-19(22(30)33-4-2)27-20(28)16-26-23(31)24(13-5-6-14-24)15-17-7-9-18(25)10-8-17;1-3-2/h7-10,19H,3-6,11-16H2,1-2H3,(H,26,31)(H,27,28);3H2,1-2H3. The normalized spacial score (nSPS) is 14.6. The molecule has 2 amide bonds. The number of carbonyl (C=O) groups is 4. The molecule has 202 valence electrons. The van der Waals surface area contributed by atoms with Crippen LogP contribution in [0.3, 0.4) is 0 Å². The number of hydrogen-bond acceptors (Lipinski definition) is 6. The number of benzene rings is 1. The molecule has 0 bridgehead atoms. The van der Waals surface area contributed by atoms with E-state index in [1.54, 1.807) is 26.0 Å². The zero-order valence-corrected chi connectivity index (χ0v) is 22.0. The first-order valence-electron chi connectivity index (χ1n) is 12.9. The zero-order valence-electron chi connectivity index (χ0n) is 22.0. The number of ether oxygens (including phenoxy) is 2. The van der Waals surface area contributed by atoms with E-state index in [0.717, 1.165) is 18.4 Å². The molecule has 0 aliphatic heterocycles. The Balaban J connectivity index is 0.00000205. The summed E-state index contributed by atoms with van der Waals surface area (Å²) in [6, 6.07) is 5.06. The highest BCUT2D eigenvalue weighted by Gasteiger charge is 2.41. The topological polar surface area (TPSA) is 111 Å². The molecule has 1 aliphatic rings. The molecular weight excluding hydrogens is 467 g/mol. The Hall–Kier alpha value is -2.97. The number of esters is 2. The fourth-order valence-electron chi connectivity index (χ4n) is 4.11. The molecule has 0 saturated heterocycles. The average Bonchev–Trinajstić information content (AvgIpc) is 3.32. The van der Waals surface area contributed by atoms with Gasteiger partial charge in [0.25, 0.3) is 0 Å². The van der Waals surface area contributed by atoms with Crippen molar-refractivity contribution < 1.29 is 33.0 Å². The van der Waals surface area contributed by atoms with Crippen LogP contribution in [0.4, 0.5) is 4.39 Å². The molecule has 1 saturated carbocycles. The second kappa shape index (κ2) is 16.7. The third kappa shape index (κ3) is 10.7. The highest BCUT2D eigenvalue weighted by Crippen LogP contribution is 2.41. The molecule has 1 aliphatic carbocycles. The van der Waals surface area contributed by atoms with Crippen molar-refractivity contribution in [1.82, 2.24) is 10.6 Å². The minimum atomic E-state index is -1.02. The summed E-state index contributed by atoms with van der Waals surface area (Å²) in [7, 11) is 0. The third-order valence-electron chi connectivity index (χ3n) is 5.76. The van der Waals surface area contributed by atoms with Gasteiger partial charge in [-0.15, -0.1) is 0 Å². The molecular formula is C27H41FN2O6. The van der Waals surface area contributed by atoms with Gasteiger partial charge in [-0.2, -0.15) is 0 Å². The van der Waals surface area contributed by atoms with Crippen LogP contribution in [-0.2, 0) is 35.1 Å². The summed E-state index contributed by atoms with van der Waals surface area (Å²) in [6.07, 6.45) is 4.87. The van der Waals surface area contributed by atoms with E-state index >= 15 is 0 Å². The molecule has 1 aromatic carbocycles. The summed E-state index contributed by atoms with van der Waals surface area (Å²) in [4.78, 5) is 49.3. The largest absolute Gasteiger partial charge is 0.466 e. The lowest BCUT2D eigenvalue weighted by molar-refractivity contribution is -0.148. The smallest absolute Gasteiger partial charge is 0.328 e. The van der Waals surface area contributed by atoms with Crippen molar-refractivity contribution in [1.29, 1.82) is 0 Å². The Labute approximate surface area is 213 Å². The molecule has 0 radical (unpaired) electrons. The van der Waals surface area contributed by atoms with Crippen molar-refractivity contribution in [2.45, 2.75) is 85.1 Å². The summed E-state index contributed by atoms with van der Waals surface area (Å²) in [5.41, 5.74) is 0.210. The highest BCUT2D eigenvalue weighted by atomic mass is 19.1. The van der Waals surface area contributed by atoms with Crippen molar-refractivity contribution in [2.24, 2.45) is 5.41 Å². The van der Waals surface area contributed by atoms with Gasteiger partial charge in [-0.25, -0.2) is 9.18 Å². The number of rotatable bonds is 12. The Morgan fingerprint density at radius 1 is 0.972 bits per heavy atom. The van der Waals surface area contributed by atoms with Gasteiger partial charge < -0.3 is 20.1 Å². The van der Waals surface area contributed by atoms with Crippen LogP contribution in [0.5, 0.6) is 0 Å². The third-order valence-corrected chi connectivity index (χ3v) is 5.76. The van der Waals surface area contributed by atoms with Crippen molar-refractivity contribution in [3.63, 3.8) is 0 Å². The minimum Gasteiger partial charge on any atom is -0.466 e. The lowest BCUT2D eigenvalue weighted by atomic mass is 9.79. The molecule has 0 heterocycles. The maximum Gasteiger partial charge on any atom is 0.328 e. The molecule has 1 aromatic rings. The Morgan fingerprint density at radius 3 is 2.11 bits per heavy atom.